The molecule has 0 spiro atoms. The second kappa shape index (κ2) is 5.05. The second-order valence-electron chi connectivity index (χ2n) is 4.62. The van der Waals surface area contributed by atoms with E-state index in [1.807, 2.05) is 6.07 Å². The Labute approximate surface area is 116 Å². The molecule has 19 heavy (non-hydrogen) atoms. The van der Waals surface area contributed by atoms with Crippen molar-refractivity contribution in [3.8, 4) is 11.6 Å². The van der Waals surface area contributed by atoms with Crippen molar-refractivity contribution >= 4 is 17.3 Å². The number of hydrogen-bond acceptors (Lipinski definition) is 4. The van der Waals surface area contributed by atoms with Crippen LogP contribution in [0.4, 0.5) is 5.69 Å². The molecular weight excluding hydrogens is 262 g/mol. The molecule has 0 amide bonds. The zero-order valence-electron chi connectivity index (χ0n) is 10.4. The molecule has 1 aliphatic carbocycles. The van der Waals surface area contributed by atoms with Gasteiger partial charge >= 0.3 is 0 Å². The van der Waals surface area contributed by atoms with Gasteiger partial charge in [-0.05, 0) is 48.9 Å². The van der Waals surface area contributed by atoms with Gasteiger partial charge in [-0.3, -0.25) is 0 Å². The number of nitrogen functional groups attached to an aromatic ring is 1. The molecule has 1 aromatic carbocycles. The molecule has 0 saturated carbocycles. The van der Waals surface area contributed by atoms with Crippen LogP contribution in [0.25, 0.3) is 0 Å². The highest BCUT2D eigenvalue weighted by Crippen LogP contribution is 2.31. The number of fused-ring (bicyclic) bond motifs is 1. The van der Waals surface area contributed by atoms with Gasteiger partial charge in [-0.1, -0.05) is 17.7 Å². The Morgan fingerprint density at radius 1 is 1.11 bits per heavy atom. The van der Waals surface area contributed by atoms with Gasteiger partial charge in [0.1, 0.15) is 17.8 Å². The SMILES string of the molecule is Nc1c(Cl)ncnc1Oc1ccc2c(c1)CCCC2. The second-order valence-corrected chi connectivity index (χ2v) is 4.98. The summed E-state index contributed by atoms with van der Waals surface area (Å²) in [6.45, 7) is 0. The van der Waals surface area contributed by atoms with E-state index in [0.29, 0.717) is 5.88 Å². The summed E-state index contributed by atoms with van der Waals surface area (Å²) in [6, 6.07) is 6.12. The Morgan fingerprint density at radius 2 is 1.89 bits per heavy atom. The Balaban J connectivity index is 1.89. The number of nitrogens with two attached hydrogens (primary N) is 1. The van der Waals surface area contributed by atoms with Crippen LogP contribution in [-0.4, -0.2) is 9.97 Å². The maximum Gasteiger partial charge on any atom is 0.247 e. The van der Waals surface area contributed by atoms with E-state index in [1.165, 1.54) is 30.3 Å². The molecule has 0 saturated heterocycles. The van der Waals surface area contributed by atoms with Crippen LogP contribution in [0.1, 0.15) is 24.0 Å². The molecule has 2 N–H and O–H groups in total. The van der Waals surface area contributed by atoms with E-state index in [0.717, 1.165) is 18.6 Å². The molecule has 1 heterocycles. The molecule has 0 fully saturated rings. The van der Waals surface area contributed by atoms with Gasteiger partial charge in [0.15, 0.2) is 5.15 Å². The molecule has 1 aromatic heterocycles. The monoisotopic (exact) mass is 275 g/mol. The van der Waals surface area contributed by atoms with Gasteiger partial charge in [0.25, 0.3) is 0 Å². The lowest BCUT2D eigenvalue weighted by atomic mass is 9.92. The summed E-state index contributed by atoms with van der Waals surface area (Å²) in [5, 5.41) is 0.211. The van der Waals surface area contributed by atoms with Crippen molar-refractivity contribution < 1.29 is 4.74 Å². The lowest BCUT2D eigenvalue weighted by molar-refractivity contribution is 0.462. The van der Waals surface area contributed by atoms with Gasteiger partial charge < -0.3 is 10.5 Å². The number of hydrogen-bond donors (Lipinski definition) is 1. The minimum Gasteiger partial charge on any atom is -0.437 e. The molecule has 0 atom stereocenters. The third-order valence-electron chi connectivity index (χ3n) is 3.33. The molecule has 5 heteroatoms. The number of aryl methyl sites for hydroxylation is 2. The minimum absolute atomic E-state index is 0.211. The molecule has 0 aliphatic heterocycles. The summed E-state index contributed by atoms with van der Waals surface area (Å²) in [7, 11) is 0. The highest BCUT2D eigenvalue weighted by atomic mass is 35.5. The van der Waals surface area contributed by atoms with E-state index >= 15 is 0 Å². The van der Waals surface area contributed by atoms with Crippen molar-refractivity contribution in [2.75, 3.05) is 5.73 Å². The fourth-order valence-electron chi connectivity index (χ4n) is 2.33. The van der Waals surface area contributed by atoms with Crippen molar-refractivity contribution in [2.45, 2.75) is 25.7 Å². The van der Waals surface area contributed by atoms with Crippen molar-refractivity contribution in [2.24, 2.45) is 0 Å². The fourth-order valence-corrected chi connectivity index (χ4v) is 2.45. The number of anilines is 1. The molecule has 3 rings (SSSR count). The van der Waals surface area contributed by atoms with E-state index in [-0.39, 0.29) is 10.8 Å². The minimum atomic E-state index is 0.211. The molecule has 0 radical (unpaired) electrons. The van der Waals surface area contributed by atoms with Crippen molar-refractivity contribution in [3.05, 3.63) is 40.8 Å². The third-order valence-corrected chi connectivity index (χ3v) is 3.63. The summed E-state index contributed by atoms with van der Waals surface area (Å²) in [5.74, 6) is 1.04. The molecule has 0 unspecified atom stereocenters. The third kappa shape index (κ3) is 2.49. The zero-order valence-corrected chi connectivity index (χ0v) is 11.2. The van der Waals surface area contributed by atoms with Crippen molar-refractivity contribution in [1.82, 2.24) is 9.97 Å². The molecule has 2 aromatic rings. The van der Waals surface area contributed by atoms with Gasteiger partial charge in [0.05, 0.1) is 0 Å². The van der Waals surface area contributed by atoms with Crippen LogP contribution >= 0.6 is 11.6 Å². The lowest BCUT2D eigenvalue weighted by Gasteiger charge is -2.16. The average molecular weight is 276 g/mol. The Bertz CT molecular complexity index is 616. The molecule has 0 bridgehead atoms. The van der Waals surface area contributed by atoms with Crippen LogP contribution in [0.2, 0.25) is 5.15 Å². The number of benzene rings is 1. The van der Waals surface area contributed by atoms with Crippen LogP contribution < -0.4 is 10.5 Å². The van der Waals surface area contributed by atoms with E-state index in [4.69, 9.17) is 22.1 Å². The standard InChI is InChI=1S/C14H14ClN3O/c15-13-12(16)14(18-8-17-13)19-11-6-5-9-3-1-2-4-10(9)7-11/h5-8H,1-4,16H2. The maximum atomic E-state index is 5.84. The Kier molecular flexibility index (Phi) is 3.25. The van der Waals surface area contributed by atoms with Crippen LogP contribution in [-0.2, 0) is 12.8 Å². The van der Waals surface area contributed by atoms with Crippen molar-refractivity contribution in [1.29, 1.82) is 0 Å². The number of aromatic nitrogens is 2. The maximum absolute atomic E-state index is 5.84. The van der Waals surface area contributed by atoms with E-state index in [1.54, 1.807) is 0 Å². The first-order valence-electron chi connectivity index (χ1n) is 6.29. The summed E-state index contributed by atoms with van der Waals surface area (Å²) in [6.07, 6.45) is 6.09. The first-order valence-corrected chi connectivity index (χ1v) is 6.67. The Hall–Kier alpha value is -1.81. The zero-order chi connectivity index (χ0) is 13.2. The van der Waals surface area contributed by atoms with Gasteiger partial charge in [-0.15, -0.1) is 0 Å². The average Bonchev–Trinajstić information content (AvgIpc) is 2.44. The summed E-state index contributed by atoms with van der Waals surface area (Å²) in [5.41, 5.74) is 8.81. The quantitative estimate of drug-likeness (QED) is 0.854. The topological polar surface area (TPSA) is 61.0 Å². The van der Waals surface area contributed by atoms with Crippen molar-refractivity contribution in [3.63, 3.8) is 0 Å². The van der Waals surface area contributed by atoms with Gasteiger partial charge in [-0.2, -0.15) is 4.98 Å². The molecular formula is C14H14ClN3O. The predicted molar refractivity (Wildman–Crippen MR) is 74.6 cm³/mol. The van der Waals surface area contributed by atoms with Gasteiger partial charge in [-0.25, -0.2) is 4.98 Å². The van der Waals surface area contributed by atoms with E-state index in [9.17, 15) is 0 Å². The van der Waals surface area contributed by atoms with Crippen LogP contribution in [0.3, 0.4) is 0 Å². The normalized spacial score (nSPS) is 13.9. The largest absolute Gasteiger partial charge is 0.437 e. The number of nitrogens with zero attached hydrogens (tertiary/aromatic N) is 2. The van der Waals surface area contributed by atoms with Crippen LogP contribution in [0, 0.1) is 0 Å². The molecule has 4 nitrogen and oxygen atoms in total. The van der Waals surface area contributed by atoms with E-state index < -0.39 is 0 Å². The first-order chi connectivity index (χ1) is 9.24. The van der Waals surface area contributed by atoms with E-state index in [2.05, 4.69) is 22.1 Å². The lowest BCUT2D eigenvalue weighted by Crippen LogP contribution is -2.03. The highest BCUT2D eigenvalue weighted by molar-refractivity contribution is 6.32. The summed E-state index contributed by atoms with van der Waals surface area (Å²) in [4.78, 5) is 7.80. The number of rotatable bonds is 2. The highest BCUT2D eigenvalue weighted by Gasteiger charge is 2.12. The molecule has 1 aliphatic rings. The molecule has 98 valence electrons. The summed E-state index contributed by atoms with van der Waals surface area (Å²) < 4.78 is 5.70. The number of ether oxygens (including phenoxy) is 1. The van der Waals surface area contributed by atoms with Crippen LogP contribution in [0.5, 0.6) is 11.6 Å². The van der Waals surface area contributed by atoms with Gasteiger partial charge in [0.2, 0.25) is 5.88 Å². The summed E-state index contributed by atoms with van der Waals surface area (Å²) >= 11 is 5.84. The fraction of sp³-hybridized carbons (Fsp3) is 0.286. The Morgan fingerprint density at radius 3 is 2.74 bits per heavy atom. The van der Waals surface area contributed by atoms with Gasteiger partial charge in [0, 0.05) is 0 Å². The predicted octanol–water partition coefficient (Wildman–Crippen LogP) is 3.38. The van der Waals surface area contributed by atoms with Crippen LogP contribution in [0.15, 0.2) is 24.5 Å². The first kappa shape index (κ1) is 12.2. The smallest absolute Gasteiger partial charge is 0.247 e. The number of halogens is 1.